The van der Waals surface area contributed by atoms with Crippen molar-refractivity contribution in [2.75, 3.05) is 23.3 Å². The molecule has 6 heteroatoms. The first-order chi connectivity index (χ1) is 9.08. The lowest BCUT2D eigenvalue weighted by atomic mass is 10.1. The minimum Gasteiger partial charge on any atom is -0.378 e. The lowest BCUT2D eigenvalue weighted by molar-refractivity contribution is -0.123. The molecule has 0 saturated carbocycles. The molecule has 0 bridgehead atoms. The summed E-state index contributed by atoms with van der Waals surface area (Å²) < 4.78 is 0.807. The van der Waals surface area contributed by atoms with Crippen LogP contribution in [0.2, 0.25) is 0 Å². The van der Waals surface area contributed by atoms with E-state index in [1.807, 2.05) is 17.9 Å². The maximum Gasteiger partial charge on any atom is 0.257 e. The molecule has 2 N–H and O–H groups in total. The van der Waals surface area contributed by atoms with E-state index in [2.05, 4.69) is 27.3 Å². The van der Waals surface area contributed by atoms with E-state index in [0.717, 1.165) is 16.7 Å². The number of aliphatic hydroxyl groups is 1. The number of nitrogens with one attached hydrogen (secondary N) is 1. The van der Waals surface area contributed by atoms with Gasteiger partial charge in [0.1, 0.15) is 0 Å². The number of aliphatic hydroxyl groups excluding tert-OH is 1. The third kappa shape index (κ3) is 2.57. The van der Waals surface area contributed by atoms with Gasteiger partial charge < -0.3 is 15.3 Å². The lowest BCUT2D eigenvalue weighted by Crippen LogP contribution is -2.24. The van der Waals surface area contributed by atoms with E-state index < -0.39 is 12.0 Å². The number of carbonyl (C=O) groups is 1. The summed E-state index contributed by atoms with van der Waals surface area (Å²) in [6.07, 6.45) is -0.665. The maximum absolute atomic E-state index is 11.4. The van der Waals surface area contributed by atoms with Crippen LogP contribution in [0, 0.1) is 11.3 Å². The number of fused-ring (bicyclic) bond motifs is 1. The van der Waals surface area contributed by atoms with Gasteiger partial charge in [-0.05, 0) is 35.0 Å². The second-order valence-electron chi connectivity index (χ2n) is 4.27. The van der Waals surface area contributed by atoms with E-state index in [1.165, 1.54) is 0 Å². The van der Waals surface area contributed by atoms with Crippen molar-refractivity contribution >= 4 is 33.2 Å². The van der Waals surface area contributed by atoms with Gasteiger partial charge in [0, 0.05) is 28.8 Å². The minimum absolute atomic E-state index is 0.404. The number of anilines is 2. The van der Waals surface area contributed by atoms with Gasteiger partial charge in [-0.2, -0.15) is 5.26 Å². The molecule has 0 aliphatic carbocycles. The van der Waals surface area contributed by atoms with Gasteiger partial charge >= 0.3 is 0 Å². The number of nitriles is 1. The Balaban J connectivity index is 2.36. The Morgan fingerprint density at radius 1 is 1.58 bits per heavy atom. The van der Waals surface area contributed by atoms with Crippen molar-refractivity contribution < 1.29 is 9.90 Å². The van der Waals surface area contributed by atoms with Crippen LogP contribution >= 0.6 is 15.9 Å². The molecule has 5 nitrogen and oxygen atoms in total. The fourth-order valence-corrected chi connectivity index (χ4v) is 2.74. The number of amides is 1. The first-order valence-electron chi connectivity index (χ1n) is 6.02. The second-order valence-corrected chi connectivity index (χ2v) is 5.12. The van der Waals surface area contributed by atoms with Crippen molar-refractivity contribution in [3.63, 3.8) is 0 Å². The Bertz CT molecular complexity index is 554. The number of hydrogen-bond acceptors (Lipinski definition) is 4. The molecule has 1 unspecified atom stereocenters. The third-order valence-corrected chi connectivity index (χ3v) is 3.77. The van der Waals surface area contributed by atoms with Crippen molar-refractivity contribution in [2.45, 2.75) is 19.4 Å². The molecule has 1 aromatic rings. The molecule has 0 aromatic heterocycles. The molecule has 0 radical (unpaired) electrons. The summed E-state index contributed by atoms with van der Waals surface area (Å²) in [6.45, 7) is 3.39. The molecule has 1 aromatic carbocycles. The van der Waals surface area contributed by atoms with Crippen molar-refractivity contribution in [3.8, 4) is 6.07 Å². The van der Waals surface area contributed by atoms with Crippen molar-refractivity contribution in [3.05, 3.63) is 22.2 Å². The summed E-state index contributed by atoms with van der Waals surface area (Å²) >= 11 is 3.46. The smallest absolute Gasteiger partial charge is 0.257 e. The van der Waals surface area contributed by atoms with Crippen molar-refractivity contribution in [1.29, 1.82) is 5.26 Å². The Morgan fingerprint density at radius 2 is 2.32 bits per heavy atom. The molecule has 19 heavy (non-hydrogen) atoms. The molecule has 0 spiro atoms. The predicted molar refractivity (Wildman–Crippen MR) is 75.8 cm³/mol. The first-order valence-corrected chi connectivity index (χ1v) is 6.82. The minimum atomic E-state index is -1.10. The lowest BCUT2D eigenvalue weighted by Gasteiger charge is -2.24. The fraction of sp³-hybridized carbons (Fsp3) is 0.385. The van der Waals surface area contributed by atoms with Crippen LogP contribution in [-0.2, 0) is 4.79 Å². The quantitative estimate of drug-likeness (QED) is 0.890. The zero-order valence-electron chi connectivity index (χ0n) is 10.5. The standard InChI is InChI=1S/C13H14BrN3O2/c1-2-17(5-3-4-15)11-7-10-8(6-9(11)14)12(18)13(19)16-10/h6-7,12,18H,2-3,5H2,1H3,(H,16,19). The van der Waals surface area contributed by atoms with Crippen LogP contribution in [0.3, 0.4) is 0 Å². The molecule has 2 rings (SSSR count). The Hall–Kier alpha value is -1.58. The molecule has 1 aliphatic heterocycles. The van der Waals surface area contributed by atoms with Crippen LogP contribution in [0.1, 0.15) is 25.0 Å². The molecule has 1 heterocycles. The summed E-state index contributed by atoms with van der Waals surface area (Å²) in [5, 5.41) is 21.0. The number of hydrogen-bond donors (Lipinski definition) is 2. The zero-order chi connectivity index (χ0) is 14.0. The Labute approximate surface area is 120 Å². The molecule has 1 aliphatic rings. The van der Waals surface area contributed by atoms with Crippen LogP contribution in [0.5, 0.6) is 0 Å². The number of rotatable bonds is 4. The van der Waals surface area contributed by atoms with Gasteiger partial charge in [-0.25, -0.2) is 0 Å². The fourth-order valence-electron chi connectivity index (χ4n) is 2.13. The van der Waals surface area contributed by atoms with Crippen LogP contribution < -0.4 is 10.2 Å². The van der Waals surface area contributed by atoms with Gasteiger partial charge in [0.05, 0.1) is 18.2 Å². The predicted octanol–water partition coefficient (Wildman–Crippen LogP) is 2.17. The van der Waals surface area contributed by atoms with Gasteiger partial charge in [-0.1, -0.05) is 0 Å². The maximum atomic E-state index is 11.4. The van der Waals surface area contributed by atoms with E-state index in [-0.39, 0.29) is 0 Å². The second kappa shape index (κ2) is 5.59. The summed E-state index contributed by atoms with van der Waals surface area (Å²) in [5.41, 5.74) is 2.12. The van der Waals surface area contributed by atoms with E-state index >= 15 is 0 Å². The average Bonchev–Trinajstić information content (AvgIpc) is 2.66. The largest absolute Gasteiger partial charge is 0.378 e. The van der Waals surface area contributed by atoms with E-state index in [0.29, 0.717) is 24.2 Å². The van der Waals surface area contributed by atoms with Crippen molar-refractivity contribution in [2.24, 2.45) is 0 Å². The van der Waals surface area contributed by atoms with Gasteiger partial charge in [-0.3, -0.25) is 4.79 Å². The highest BCUT2D eigenvalue weighted by molar-refractivity contribution is 9.10. The van der Waals surface area contributed by atoms with E-state index in [1.54, 1.807) is 6.07 Å². The van der Waals surface area contributed by atoms with Crippen LogP contribution in [0.25, 0.3) is 0 Å². The van der Waals surface area contributed by atoms with Gasteiger partial charge in [0.2, 0.25) is 0 Å². The summed E-state index contributed by atoms with van der Waals surface area (Å²) in [4.78, 5) is 13.5. The normalized spacial score (nSPS) is 16.7. The Kier molecular flexibility index (Phi) is 4.08. The van der Waals surface area contributed by atoms with Crippen LogP contribution in [0.15, 0.2) is 16.6 Å². The highest BCUT2D eigenvalue weighted by atomic mass is 79.9. The summed E-state index contributed by atoms with van der Waals surface area (Å²) in [6, 6.07) is 5.70. The summed E-state index contributed by atoms with van der Waals surface area (Å²) in [7, 11) is 0. The summed E-state index contributed by atoms with van der Waals surface area (Å²) in [5.74, 6) is -0.404. The molecule has 1 amide bonds. The van der Waals surface area contributed by atoms with Gasteiger partial charge in [0.25, 0.3) is 5.91 Å². The van der Waals surface area contributed by atoms with E-state index in [9.17, 15) is 9.90 Å². The Morgan fingerprint density at radius 3 is 2.95 bits per heavy atom. The first kappa shape index (κ1) is 13.8. The highest BCUT2D eigenvalue weighted by Crippen LogP contribution is 2.38. The van der Waals surface area contributed by atoms with Crippen LogP contribution in [-0.4, -0.2) is 24.1 Å². The number of nitrogens with zero attached hydrogens (tertiary/aromatic N) is 2. The van der Waals surface area contributed by atoms with Gasteiger partial charge in [0.15, 0.2) is 6.10 Å². The molecular weight excluding hydrogens is 310 g/mol. The van der Waals surface area contributed by atoms with E-state index in [4.69, 9.17) is 5.26 Å². The monoisotopic (exact) mass is 323 g/mol. The SMILES string of the molecule is CCN(CCC#N)c1cc2c(cc1Br)C(O)C(=O)N2. The van der Waals surface area contributed by atoms with Gasteiger partial charge in [-0.15, -0.1) is 0 Å². The zero-order valence-corrected chi connectivity index (χ0v) is 12.1. The third-order valence-electron chi connectivity index (χ3n) is 3.14. The van der Waals surface area contributed by atoms with Crippen molar-refractivity contribution in [1.82, 2.24) is 0 Å². The molecule has 1 atom stereocenters. The number of halogens is 1. The molecule has 0 fully saturated rings. The topological polar surface area (TPSA) is 76.4 Å². The average molecular weight is 324 g/mol. The molecule has 0 saturated heterocycles. The van der Waals surface area contributed by atoms with Crippen LogP contribution in [0.4, 0.5) is 11.4 Å². The number of carbonyl (C=O) groups excluding carboxylic acids is 1. The molecular formula is C13H14BrN3O2. The highest BCUT2D eigenvalue weighted by Gasteiger charge is 2.30. The molecule has 100 valence electrons. The number of benzene rings is 1.